The molecule has 0 spiro atoms. The maximum Gasteiger partial charge on any atom is 0.325 e. The molecule has 1 heterocycles. The van der Waals surface area contributed by atoms with E-state index in [9.17, 15) is 4.79 Å². The van der Waals surface area contributed by atoms with Crippen molar-refractivity contribution in [3.8, 4) is 5.75 Å². The highest BCUT2D eigenvalue weighted by Gasteiger charge is 2.04. The zero-order valence-electron chi connectivity index (χ0n) is 11.9. The van der Waals surface area contributed by atoms with Crippen LogP contribution in [0.5, 0.6) is 5.75 Å². The van der Waals surface area contributed by atoms with Gasteiger partial charge in [0.2, 0.25) is 0 Å². The minimum atomic E-state index is -0.237. The summed E-state index contributed by atoms with van der Waals surface area (Å²) in [6.45, 7) is 4.28. The van der Waals surface area contributed by atoms with Crippen LogP contribution in [0.3, 0.4) is 0 Å². The first-order valence-corrected chi connectivity index (χ1v) is 6.54. The lowest BCUT2D eigenvalue weighted by Gasteiger charge is -2.04. The van der Waals surface area contributed by atoms with Crippen LogP contribution in [0.25, 0.3) is 0 Å². The quantitative estimate of drug-likeness (QED) is 0.453. The monoisotopic (exact) mass is 288 g/mol. The minimum absolute atomic E-state index is 0.237. The first-order valence-electron chi connectivity index (χ1n) is 6.54. The van der Waals surface area contributed by atoms with Gasteiger partial charge in [-0.25, -0.2) is 9.98 Å². The third-order valence-electron chi connectivity index (χ3n) is 2.57. The van der Waals surface area contributed by atoms with E-state index in [1.807, 2.05) is 31.2 Å². The van der Waals surface area contributed by atoms with Crippen molar-refractivity contribution in [1.29, 1.82) is 0 Å². The molecule has 0 saturated carbocycles. The van der Waals surface area contributed by atoms with E-state index >= 15 is 0 Å². The number of rotatable bonds is 4. The molecule has 0 aliphatic heterocycles. The van der Waals surface area contributed by atoms with Gasteiger partial charge in [0.1, 0.15) is 5.75 Å². The van der Waals surface area contributed by atoms with Gasteiger partial charge in [0.05, 0.1) is 18.0 Å². The second-order valence-corrected chi connectivity index (χ2v) is 4.36. The number of H-pyrrole nitrogens is 1. The molecule has 0 unspecified atom stereocenters. The van der Waals surface area contributed by atoms with Crippen molar-refractivity contribution in [3.05, 3.63) is 46.4 Å². The molecule has 0 radical (unpaired) electrons. The standard InChI is InChI=1S/C14H17N5O2/c1-3-21-11-6-4-10(5-7-11)17-13(15)19-14-16-9(2)8-12(20)18-14/h4-8H,3H2,1-2H3,(H4,15,16,17,18,19,20)/p+1. The van der Waals surface area contributed by atoms with Gasteiger partial charge in [0, 0.05) is 6.07 Å². The van der Waals surface area contributed by atoms with Crippen LogP contribution in [0.4, 0.5) is 11.6 Å². The SMILES string of the molecule is CCOc1ccc(NC(N)=[NH+]c2nc(C)cc(=O)[nH]2)cc1. The average molecular weight is 288 g/mol. The van der Waals surface area contributed by atoms with Crippen LogP contribution in [-0.2, 0) is 0 Å². The van der Waals surface area contributed by atoms with Crippen LogP contribution in [0.15, 0.2) is 35.1 Å². The number of hydrogen-bond acceptors (Lipinski definition) is 3. The fraction of sp³-hybridized carbons (Fsp3) is 0.214. The molecule has 1 aromatic heterocycles. The topological polar surface area (TPSA) is 107 Å². The molecule has 0 fully saturated rings. The normalized spacial score (nSPS) is 11.2. The van der Waals surface area contributed by atoms with E-state index in [1.54, 1.807) is 6.92 Å². The molecular weight excluding hydrogens is 270 g/mol. The van der Waals surface area contributed by atoms with Gasteiger partial charge in [-0.3, -0.25) is 10.1 Å². The molecule has 110 valence electrons. The number of aryl methyl sites for hydroxylation is 1. The number of nitrogens with zero attached hydrogens (tertiary/aromatic N) is 1. The fourth-order valence-electron chi connectivity index (χ4n) is 1.75. The highest BCUT2D eigenvalue weighted by atomic mass is 16.5. The van der Waals surface area contributed by atoms with Gasteiger partial charge in [0.15, 0.2) is 0 Å². The second-order valence-electron chi connectivity index (χ2n) is 4.36. The molecule has 0 aliphatic carbocycles. The summed E-state index contributed by atoms with van der Waals surface area (Å²) in [5.74, 6) is 1.34. The largest absolute Gasteiger partial charge is 0.494 e. The number of aromatic nitrogens is 2. The molecule has 5 N–H and O–H groups in total. The summed E-state index contributed by atoms with van der Waals surface area (Å²) in [4.78, 5) is 20.8. The molecule has 0 atom stereocenters. The molecule has 2 rings (SSSR count). The molecular formula is C14H18N5O2+. The average Bonchev–Trinajstić information content (AvgIpc) is 2.40. The molecule has 0 bridgehead atoms. The second kappa shape index (κ2) is 6.56. The number of benzene rings is 1. The van der Waals surface area contributed by atoms with Crippen molar-refractivity contribution in [2.75, 3.05) is 11.9 Å². The number of hydrogen-bond donors (Lipinski definition) is 4. The summed E-state index contributed by atoms with van der Waals surface area (Å²) in [6, 6.07) is 8.76. The summed E-state index contributed by atoms with van der Waals surface area (Å²) in [7, 11) is 0. The molecule has 1 aromatic carbocycles. The Balaban J connectivity index is 2.11. The summed E-state index contributed by atoms with van der Waals surface area (Å²) in [5.41, 5.74) is 7.00. The zero-order valence-corrected chi connectivity index (χ0v) is 11.9. The lowest BCUT2D eigenvalue weighted by Crippen LogP contribution is -2.73. The predicted octanol–water partition coefficient (Wildman–Crippen LogP) is -0.384. The highest BCUT2D eigenvalue weighted by Crippen LogP contribution is 2.14. The summed E-state index contributed by atoms with van der Waals surface area (Å²) in [5, 5.41) is 2.96. The lowest BCUT2D eigenvalue weighted by molar-refractivity contribution is -0.365. The number of guanidine groups is 1. The van der Waals surface area contributed by atoms with Crippen LogP contribution in [0, 0.1) is 6.92 Å². The number of anilines is 1. The van der Waals surface area contributed by atoms with Gasteiger partial charge in [-0.15, -0.1) is 4.98 Å². The number of ether oxygens (including phenoxy) is 1. The van der Waals surface area contributed by atoms with E-state index < -0.39 is 0 Å². The molecule has 0 aliphatic rings. The summed E-state index contributed by atoms with van der Waals surface area (Å²) < 4.78 is 5.36. The Labute approximate surface area is 121 Å². The van der Waals surface area contributed by atoms with Crippen LogP contribution in [0.1, 0.15) is 12.6 Å². The lowest BCUT2D eigenvalue weighted by atomic mass is 10.3. The molecule has 0 saturated heterocycles. The van der Waals surface area contributed by atoms with Gasteiger partial charge >= 0.3 is 5.95 Å². The Kier molecular flexibility index (Phi) is 4.55. The minimum Gasteiger partial charge on any atom is -0.494 e. The fourth-order valence-corrected chi connectivity index (χ4v) is 1.75. The van der Waals surface area contributed by atoms with Crippen molar-refractivity contribution >= 4 is 17.6 Å². The Morgan fingerprint density at radius 3 is 2.76 bits per heavy atom. The third-order valence-corrected chi connectivity index (χ3v) is 2.57. The Morgan fingerprint density at radius 2 is 2.14 bits per heavy atom. The van der Waals surface area contributed by atoms with E-state index in [0.29, 0.717) is 12.3 Å². The first-order chi connectivity index (χ1) is 10.1. The Morgan fingerprint density at radius 1 is 1.43 bits per heavy atom. The van der Waals surface area contributed by atoms with Crippen molar-refractivity contribution in [2.45, 2.75) is 13.8 Å². The van der Waals surface area contributed by atoms with Crippen LogP contribution >= 0.6 is 0 Å². The van der Waals surface area contributed by atoms with Crippen molar-refractivity contribution in [1.82, 2.24) is 9.97 Å². The summed E-state index contributed by atoms with van der Waals surface area (Å²) >= 11 is 0. The third kappa shape index (κ3) is 4.34. The van der Waals surface area contributed by atoms with Gasteiger partial charge in [-0.2, -0.15) is 0 Å². The van der Waals surface area contributed by atoms with E-state index in [-0.39, 0.29) is 17.5 Å². The molecule has 21 heavy (non-hydrogen) atoms. The molecule has 0 amide bonds. The van der Waals surface area contributed by atoms with Gasteiger partial charge in [-0.05, 0) is 38.1 Å². The van der Waals surface area contributed by atoms with E-state index in [2.05, 4.69) is 20.3 Å². The summed E-state index contributed by atoms with van der Waals surface area (Å²) in [6.07, 6.45) is 0. The molecule has 7 nitrogen and oxygen atoms in total. The van der Waals surface area contributed by atoms with Crippen molar-refractivity contribution in [2.24, 2.45) is 5.73 Å². The maximum atomic E-state index is 11.3. The van der Waals surface area contributed by atoms with Crippen molar-refractivity contribution < 1.29 is 9.73 Å². The predicted molar refractivity (Wildman–Crippen MR) is 80.6 cm³/mol. The van der Waals surface area contributed by atoms with Gasteiger partial charge in [-0.1, -0.05) is 0 Å². The molecule has 7 heteroatoms. The van der Waals surface area contributed by atoms with E-state index in [4.69, 9.17) is 10.5 Å². The molecule has 2 aromatic rings. The Bertz CT molecular complexity index is 691. The van der Waals surface area contributed by atoms with Crippen molar-refractivity contribution in [3.63, 3.8) is 0 Å². The van der Waals surface area contributed by atoms with Crippen LogP contribution in [-0.4, -0.2) is 22.5 Å². The first kappa shape index (κ1) is 14.6. The zero-order chi connectivity index (χ0) is 15.2. The van der Waals surface area contributed by atoms with Gasteiger partial charge in [0.25, 0.3) is 11.5 Å². The van der Waals surface area contributed by atoms with E-state index in [1.165, 1.54) is 6.07 Å². The number of nitrogens with two attached hydrogens (primary N) is 1. The maximum absolute atomic E-state index is 11.3. The van der Waals surface area contributed by atoms with E-state index in [0.717, 1.165) is 11.4 Å². The van der Waals surface area contributed by atoms with Gasteiger partial charge < -0.3 is 10.5 Å². The van der Waals surface area contributed by atoms with Crippen LogP contribution < -0.4 is 26.3 Å². The smallest absolute Gasteiger partial charge is 0.325 e. The number of nitrogens with one attached hydrogen (secondary N) is 3. The highest BCUT2D eigenvalue weighted by molar-refractivity contribution is 5.88. The van der Waals surface area contributed by atoms with Crippen LogP contribution in [0.2, 0.25) is 0 Å². The number of aromatic amines is 1. The Hall–Kier alpha value is -2.83.